The lowest BCUT2D eigenvalue weighted by atomic mass is 10.1. The fraction of sp³-hybridized carbons (Fsp3) is 0.455. The van der Waals surface area contributed by atoms with Crippen molar-refractivity contribution < 1.29 is 9.53 Å². The van der Waals surface area contributed by atoms with Crippen LogP contribution >= 0.6 is 23.2 Å². The van der Waals surface area contributed by atoms with E-state index >= 15 is 0 Å². The van der Waals surface area contributed by atoms with Gasteiger partial charge in [-0.25, -0.2) is 4.98 Å². The van der Waals surface area contributed by atoms with E-state index in [1.807, 2.05) is 0 Å². The number of nitrogens with zero attached hydrogens (tertiary/aromatic N) is 1. The Bertz CT molecular complexity index is 442. The van der Waals surface area contributed by atoms with Gasteiger partial charge in [-0.2, -0.15) is 0 Å². The number of ether oxygens (including phenoxy) is 1. The number of esters is 1. The molecule has 0 saturated heterocycles. The zero-order chi connectivity index (χ0) is 13.2. The van der Waals surface area contributed by atoms with Crippen LogP contribution in [0.1, 0.15) is 26.3 Å². The van der Waals surface area contributed by atoms with Gasteiger partial charge in [0.2, 0.25) is 0 Å². The summed E-state index contributed by atoms with van der Waals surface area (Å²) in [6, 6.07) is 1.51. The summed E-state index contributed by atoms with van der Waals surface area (Å²) in [6.45, 7) is 5.38. The summed E-state index contributed by atoms with van der Waals surface area (Å²) < 4.78 is 5.18. The van der Waals surface area contributed by atoms with Crippen molar-refractivity contribution in [2.45, 2.75) is 32.8 Å². The Kier molecular flexibility index (Phi) is 4.22. The highest BCUT2D eigenvalue weighted by atomic mass is 35.5. The third kappa shape index (κ3) is 4.40. The SMILES string of the molecule is CC(C)(C)OC(=O)Cc1cc(Cl)nc(Cl)c1N. The highest BCUT2D eigenvalue weighted by Gasteiger charge is 2.18. The first-order chi connectivity index (χ1) is 7.69. The molecule has 0 radical (unpaired) electrons. The van der Waals surface area contributed by atoms with Crippen molar-refractivity contribution in [2.24, 2.45) is 0 Å². The number of nitrogens with two attached hydrogens (primary N) is 1. The van der Waals surface area contributed by atoms with Crippen molar-refractivity contribution in [1.29, 1.82) is 0 Å². The van der Waals surface area contributed by atoms with Crippen molar-refractivity contribution in [1.82, 2.24) is 4.98 Å². The quantitative estimate of drug-likeness (QED) is 0.666. The summed E-state index contributed by atoms with van der Waals surface area (Å²) in [5, 5.41) is 0.291. The van der Waals surface area contributed by atoms with Crippen LogP contribution in [-0.4, -0.2) is 16.6 Å². The van der Waals surface area contributed by atoms with Crippen LogP contribution < -0.4 is 5.73 Å². The summed E-state index contributed by atoms with van der Waals surface area (Å²) in [4.78, 5) is 15.4. The van der Waals surface area contributed by atoms with Gasteiger partial charge in [-0.1, -0.05) is 23.2 Å². The summed E-state index contributed by atoms with van der Waals surface area (Å²) in [5.41, 5.74) is 5.94. The fourth-order valence-corrected chi connectivity index (χ4v) is 1.69. The van der Waals surface area contributed by atoms with Gasteiger partial charge in [0.25, 0.3) is 0 Å². The lowest BCUT2D eigenvalue weighted by Gasteiger charge is -2.19. The minimum absolute atomic E-state index is 0.0189. The number of carbonyl (C=O) groups excluding carboxylic acids is 1. The molecule has 1 rings (SSSR count). The molecule has 0 unspecified atom stereocenters. The van der Waals surface area contributed by atoms with Crippen LogP contribution in [0.2, 0.25) is 10.3 Å². The van der Waals surface area contributed by atoms with E-state index in [1.165, 1.54) is 6.07 Å². The van der Waals surface area contributed by atoms with Crippen molar-refractivity contribution in [3.63, 3.8) is 0 Å². The molecule has 4 nitrogen and oxygen atoms in total. The smallest absolute Gasteiger partial charge is 0.310 e. The van der Waals surface area contributed by atoms with Gasteiger partial charge in [0, 0.05) is 0 Å². The Hall–Kier alpha value is -1.00. The fourth-order valence-electron chi connectivity index (χ4n) is 1.22. The van der Waals surface area contributed by atoms with Crippen molar-refractivity contribution in [3.8, 4) is 0 Å². The maximum absolute atomic E-state index is 11.6. The molecule has 0 saturated carbocycles. The largest absolute Gasteiger partial charge is 0.460 e. The zero-order valence-corrected chi connectivity index (χ0v) is 11.4. The van der Waals surface area contributed by atoms with Crippen LogP contribution in [0.25, 0.3) is 0 Å². The van der Waals surface area contributed by atoms with Crippen LogP contribution in [0.3, 0.4) is 0 Å². The molecule has 0 atom stereocenters. The number of anilines is 1. The zero-order valence-electron chi connectivity index (χ0n) is 9.88. The van der Waals surface area contributed by atoms with Gasteiger partial charge in [-0.3, -0.25) is 4.79 Å². The molecule has 0 aliphatic rings. The molecule has 0 spiro atoms. The van der Waals surface area contributed by atoms with Crippen LogP contribution in [0.5, 0.6) is 0 Å². The molecule has 94 valence electrons. The van der Waals surface area contributed by atoms with E-state index in [0.717, 1.165) is 0 Å². The molecule has 0 aliphatic heterocycles. The molecule has 0 aromatic carbocycles. The predicted molar refractivity (Wildman–Crippen MR) is 68.2 cm³/mol. The van der Waals surface area contributed by atoms with Crippen LogP contribution in [0.15, 0.2) is 6.07 Å². The molecule has 2 N–H and O–H groups in total. The summed E-state index contributed by atoms with van der Waals surface area (Å²) in [5.74, 6) is -0.387. The predicted octanol–water partition coefficient (Wildman–Crippen LogP) is 2.85. The van der Waals surface area contributed by atoms with Crippen molar-refractivity contribution in [2.75, 3.05) is 5.73 Å². The first kappa shape index (κ1) is 14.1. The third-order valence-corrected chi connectivity index (χ3v) is 2.30. The van der Waals surface area contributed by atoms with Crippen molar-refractivity contribution in [3.05, 3.63) is 21.9 Å². The normalized spacial score (nSPS) is 11.4. The van der Waals surface area contributed by atoms with Gasteiger partial charge in [0.1, 0.15) is 10.8 Å². The third-order valence-electron chi connectivity index (χ3n) is 1.82. The van der Waals surface area contributed by atoms with Crippen LogP contribution in [0.4, 0.5) is 5.69 Å². The summed E-state index contributed by atoms with van der Waals surface area (Å²) in [7, 11) is 0. The lowest BCUT2D eigenvalue weighted by molar-refractivity contribution is -0.153. The van der Waals surface area contributed by atoms with E-state index in [0.29, 0.717) is 5.56 Å². The van der Waals surface area contributed by atoms with Gasteiger partial charge in [-0.15, -0.1) is 0 Å². The highest BCUT2D eigenvalue weighted by molar-refractivity contribution is 6.34. The van der Waals surface area contributed by atoms with E-state index < -0.39 is 5.60 Å². The Balaban J connectivity index is 2.85. The number of nitrogen functional groups attached to an aromatic ring is 1. The molecule has 0 amide bonds. The minimum atomic E-state index is -0.535. The molecule has 17 heavy (non-hydrogen) atoms. The van der Waals surface area contributed by atoms with Crippen LogP contribution in [-0.2, 0) is 16.0 Å². The highest BCUT2D eigenvalue weighted by Crippen LogP contribution is 2.25. The van der Waals surface area contributed by atoms with Gasteiger partial charge in [-0.05, 0) is 32.4 Å². The number of rotatable bonds is 2. The molecule has 1 aromatic heterocycles. The average Bonchev–Trinajstić information content (AvgIpc) is 2.10. The second-order valence-corrected chi connectivity index (χ2v) is 5.32. The maximum Gasteiger partial charge on any atom is 0.310 e. The number of carbonyl (C=O) groups is 1. The molecule has 6 heteroatoms. The number of aromatic nitrogens is 1. The minimum Gasteiger partial charge on any atom is -0.460 e. The molecular weight excluding hydrogens is 263 g/mol. The Morgan fingerprint density at radius 1 is 1.47 bits per heavy atom. The second kappa shape index (κ2) is 5.10. The van der Waals surface area contributed by atoms with E-state index in [2.05, 4.69) is 4.98 Å². The number of pyridine rings is 1. The van der Waals surface area contributed by atoms with Gasteiger partial charge in [0.15, 0.2) is 5.15 Å². The first-order valence-corrected chi connectivity index (χ1v) is 5.77. The van der Waals surface area contributed by atoms with E-state index in [4.69, 9.17) is 33.7 Å². The first-order valence-electron chi connectivity index (χ1n) is 5.01. The second-order valence-electron chi connectivity index (χ2n) is 4.57. The summed E-state index contributed by atoms with van der Waals surface area (Å²) >= 11 is 11.5. The Labute approximate surface area is 110 Å². The Morgan fingerprint density at radius 3 is 2.59 bits per heavy atom. The van der Waals surface area contributed by atoms with Gasteiger partial charge in [0.05, 0.1) is 12.1 Å². The molecular formula is C11H14Cl2N2O2. The van der Waals surface area contributed by atoms with Crippen molar-refractivity contribution >= 4 is 34.9 Å². The number of hydrogen-bond acceptors (Lipinski definition) is 4. The number of hydrogen-bond donors (Lipinski definition) is 1. The van der Waals surface area contributed by atoms with Crippen LogP contribution in [0, 0.1) is 0 Å². The molecule has 1 aromatic rings. The molecule has 0 bridgehead atoms. The average molecular weight is 277 g/mol. The molecule has 0 fully saturated rings. The standard InChI is InChI=1S/C11H14Cl2N2O2/c1-11(2,3)17-8(16)5-6-4-7(12)15-10(13)9(6)14/h4H,5,14H2,1-3H3. The van der Waals surface area contributed by atoms with E-state index in [9.17, 15) is 4.79 Å². The Morgan fingerprint density at radius 2 is 2.06 bits per heavy atom. The van der Waals surface area contributed by atoms with Gasteiger partial charge < -0.3 is 10.5 Å². The van der Waals surface area contributed by atoms with E-state index in [-0.39, 0.29) is 28.4 Å². The van der Waals surface area contributed by atoms with Gasteiger partial charge >= 0.3 is 5.97 Å². The summed E-state index contributed by atoms with van der Waals surface area (Å²) in [6.07, 6.45) is 0.0189. The molecule has 1 heterocycles. The lowest BCUT2D eigenvalue weighted by Crippen LogP contribution is -2.25. The monoisotopic (exact) mass is 276 g/mol. The number of halogens is 2. The van der Waals surface area contributed by atoms with E-state index in [1.54, 1.807) is 20.8 Å². The molecule has 0 aliphatic carbocycles. The topological polar surface area (TPSA) is 65.2 Å². The maximum atomic E-state index is 11.6.